The van der Waals surface area contributed by atoms with E-state index in [1.165, 1.54) is 17.4 Å². The number of aromatic nitrogens is 1. The Morgan fingerprint density at radius 3 is 2.70 bits per heavy atom. The van der Waals surface area contributed by atoms with Gasteiger partial charge in [-0.15, -0.1) is 0 Å². The van der Waals surface area contributed by atoms with Gasteiger partial charge in [-0.3, -0.25) is 10.1 Å². The molecule has 138 valence electrons. The summed E-state index contributed by atoms with van der Waals surface area (Å²) in [5.74, 6) is -0.390. The Kier molecular flexibility index (Phi) is 6.34. The maximum absolute atomic E-state index is 12.0. The summed E-state index contributed by atoms with van der Waals surface area (Å²) in [6, 6.07) is 8.78. The number of thiazole rings is 1. The van der Waals surface area contributed by atoms with E-state index in [0.717, 1.165) is 15.8 Å². The molecule has 4 nitrogen and oxygen atoms in total. The van der Waals surface area contributed by atoms with Gasteiger partial charge in [-0.1, -0.05) is 52.2 Å². The molecule has 3 rings (SSSR count). The molecule has 3 aromatic rings. The number of carbonyl (C=O) groups is 1. The highest BCUT2D eigenvalue weighted by atomic mass is 35.5. The fourth-order valence-corrected chi connectivity index (χ4v) is 4.03. The van der Waals surface area contributed by atoms with E-state index in [4.69, 9.17) is 47.0 Å². The van der Waals surface area contributed by atoms with Gasteiger partial charge in [-0.2, -0.15) is 0 Å². The minimum atomic E-state index is -0.390. The SMILES string of the molecule is Cc1cc2sc(NC(=S)NC(=O)C=Cc3ccc(Cl)cc3Cl)nc2cc1Cl. The van der Waals surface area contributed by atoms with E-state index in [9.17, 15) is 4.79 Å². The molecule has 1 heterocycles. The molecule has 0 aliphatic carbocycles. The maximum atomic E-state index is 12.0. The number of aryl methyl sites for hydroxylation is 1. The summed E-state index contributed by atoms with van der Waals surface area (Å²) in [7, 11) is 0. The molecule has 0 bridgehead atoms. The standard InChI is InChI=1S/C18H12Cl3N3OS2/c1-9-6-15-14(8-12(9)20)22-18(27-15)24-17(26)23-16(25)5-3-10-2-4-11(19)7-13(10)21/h2-8H,1H3,(H2,22,23,24,25,26). The summed E-state index contributed by atoms with van der Waals surface area (Å²) < 4.78 is 0.978. The van der Waals surface area contributed by atoms with Gasteiger partial charge in [0.05, 0.1) is 10.2 Å². The largest absolute Gasteiger partial charge is 0.308 e. The van der Waals surface area contributed by atoms with Crippen LogP contribution in [-0.2, 0) is 4.79 Å². The molecule has 1 amide bonds. The van der Waals surface area contributed by atoms with Crippen molar-refractivity contribution >= 4 is 90.8 Å². The summed E-state index contributed by atoms with van der Waals surface area (Å²) in [5, 5.41) is 7.82. The third-order valence-corrected chi connectivity index (χ3v) is 5.61. The number of thiocarbonyl (C=S) groups is 1. The minimum Gasteiger partial charge on any atom is -0.308 e. The van der Waals surface area contributed by atoms with Gasteiger partial charge in [-0.25, -0.2) is 4.98 Å². The summed E-state index contributed by atoms with van der Waals surface area (Å²) in [6.45, 7) is 1.93. The Morgan fingerprint density at radius 1 is 1.19 bits per heavy atom. The molecule has 2 aromatic carbocycles. The Hall–Kier alpha value is -1.70. The van der Waals surface area contributed by atoms with Gasteiger partial charge in [0.2, 0.25) is 5.91 Å². The quantitative estimate of drug-likeness (QED) is 0.370. The van der Waals surface area contributed by atoms with Crippen molar-refractivity contribution in [2.24, 2.45) is 0 Å². The Morgan fingerprint density at radius 2 is 1.96 bits per heavy atom. The number of benzene rings is 2. The fraction of sp³-hybridized carbons (Fsp3) is 0.0556. The van der Waals surface area contributed by atoms with Crippen LogP contribution in [0.5, 0.6) is 0 Å². The highest BCUT2D eigenvalue weighted by Crippen LogP contribution is 2.30. The van der Waals surface area contributed by atoms with Crippen LogP contribution in [0.1, 0.15) is 11.1 Å². The zero-order chi connectivity index (χ0) is 19.6. The molecule has 0 atom stereocenters. The van der Waals surface area contributed by atoms with Crippen LogP contribution < -0.4 is 10.6 Å². The second-order valence-corrected chi connectivity index (χ2v) is 8.22. The first kappa shape index (κ1) is 20.0. The molecule has 0 spiro atoms. The number of rotatable bonds is 3. The molecule has 2 N–H and O–H groups in total. The monoisotopic (exact) mass is 455 g/mol. The summed E-state index contributed by atoms with van der Waals surface area (Å²) in [4.78, 5) is 16.4. The second-order valence-electron chi connectivity index (χ2n) is 5.53. The van der Waals surface area contributed by atoms with Crippen molar-refractivity contribution in [1.29, 1.82) is 0 Å². The fourth-order valence-electron chi connectivity index (χ4n) is 2.19. The Labute approximate surface area is 180 Å². The van der Waals surface area contributed by atoms with Gasteiger partial charge in [0.25, 0.3) is 0 Å². The van der Waals surface area contributed by atoms with E-state index in [-0.39, 0.29) is 5.11 Å². The van der Waals surface area contributed by atoms with Crippen LogP contribution in [0.3, 0.4) is 0 Å². The average Bonchev–Trinajstić information content (AvgIpc) is 2.95. The van der Waals surface area contributed by atoms with Crippen LogP contribution in [-0.4, -0.2) is 16.0 Å². The highest BCUT2D eigenvalue weighted by molar-refractivity contribution is 7.80. The summed E-state index contributed by atoms with van der Waals surface area (Å²) >= 11 is 24.6. The van der Waals surface area contributed by atoms with Gasteiger partial charge in [-0.05, 0) is 60.6 Å². The minimum absolute atomic E-state index is 0.147. The predicted octanol–water partition coefficient (Wildman–Crippen LogP) is 6.09. The Balaban J connectivity index is 1.63. The number of halogens is 3. The number of fused-ring (bicyclic) bond motifs is 1. The third kappa shape index (κ3) is 5.18. The molecule has 0 saturated heterocycles. The molecule has 0 saturated carbocycles. The number of nitrogens with zero attached hydrogens (tertiary/aromatic N) is 1. The van der Waals surface area contributed by atoms with Crippen molar-refractivity contribution < 1.29 is 4.79 Å². The number of amides is 1. The number of carbonyl (C=O) groups excluding carboxylic acids is 1. The van der Waals surface area contributed by atoms with Gasteiger partial charge >= 0.3 is 0 Å². The predicted molar refractivity (Wildman–Crippen MR) is 119 cm³/mol. The molecular weight excluding hydrogens is 445 g/mol. The number of anilines is 1. The lowest BCUT2D eigenvalue weighted by atomic mass is 10.2. The number of nitrogens with one attached hydrogen (secondary N) is 2. The van der Waals surface area contributed by atoms with E-state index >= 15 is 0 Å². The molecule has 0 aliphatic heterocycles. The van der Waals surface area contributed by atoms with E-state index < -0.39 is 5.91 Å². The topological polar surface area (TPSA) is 54.0 Å². The van der Waals surface area contributed by atoms with Crippen molar-refractivity contribution in [3.8, 4) is 0 Å². The normalized spacial score (nSPS) is 11.1. The van der Waals surface area contributed by atoms with E-state index in [1.807, 2.05) is 13.0 Å². The first-order valence-electron chi connectivity index (χ1n) is 7.63. The molecule has 0 radical (unpaired) electrons. The molecule has 0 aliphatic rings. The molecule has 0 unspecified atom stereocenters. The van der Waals surface area contributed by atoms with Crippen LogP contribution in [0, 0.1) is 6.92 Å². The van der Waals surface area contributed by atoms with Gasteiger partial charge in [0.15, 0.2) is 10.2 Å². The van der Waals surface area contributed by atoms with Crippen LogP contribution >= 0.6 is 58.4 Å². The van der Waals surface area contributed by atoms with Crippen molar-refractivity contribution in [3.05, 3.63) is 62.6 Å². The molecular formula is C18H12Cl3N3OS2. The van der Waals surface area contributed by atoms with E-state index in [0.29, 0.717) is 25.8 Å². The number of hydrogen-bond acceptors (Lipinski definition) is 4. The Bertz CT molecular complexity index is 1040. The maximum Gasteiger partial charge on any atom is 0.250 e. The molecule has 0 fully saturated rings. The first-order chi connectivity index (χ1) is 12.8. The smallest absolute Gasteiger partial charge is 0.250 e. The zero-order valence-corrected chi connectivity index (χ0v) is 17.7. The third-order valence-electron chi connectivity index (χ3n) is 3.50. The first-order valence-corrected chi connectivity index (χ1v) is 9.99. The lowest BCUT2D eigenvalue weighted by Gasteiger charge is -2.04. The summed E-state index contributed by atoms with van der Waals surface area (Å²) in [5.41, 5.74) is 2.42. The van der Waals surface area contributed by atoms with Crippen molar-refractivity contribution in [2.75, 3.05) is 5.32 Å². The second kappa shape index (κ2) is 8.54. The van der Waals surface area contributed by atoms with Crippen molar-refractivity contribution in [1.82, 2.24) is 10.3 Å². The van der Waals surface area contributed by atoms with Crippen molar-refractivity contribution in [3.63, 3.8) is 0 Å². The van der Waals surface area contributed by atoms with Crippen LogP contribution in [0.4, 0.5) is 5.13 Å². The van der Waals surface area contributed by atoms with Crippen LogP contribution in [0.25, 0.3) is 16.3 Å². The zero-order valence-electron chi connectivity index (χ0n) is 13.8. The lowest BCUT2D eigenvalue weighted by Crippen LogP contribution is -2.32. The number of hydrogen-bond donors (Lipinski definition) is 2. The lowest BCUT2D eigenvalue weighted by molar-refractivity contribution is -0.115. The molecule has 27 heavy (non-hydrogen) atoms. The highest BCUT2D eigenvalue weighted by Gasteiger charge is 2.09. The van der Waals surface area contributed by atoms with E-state index in [1.54, 1.807) is 30.3 Å². The molecule has 9 heteroatoms. The van der Waals surface area contributed by atoms with Crippen LogP contribution in [0.2, 0.25) is 15.1 Å². The van der Waals surface area contributed by atoms with Gasteiger partial charge < -0.3 is 5.32 Å². The van der Waals surface area contributed by atoms with Gasteiger partial charge in [0, 0.05) is 21.1 Å². The van der Waals surface area contributed by atoms with Crippen molar-refractivity contribution in [2.45, 2.75) is 6.92 Å². The molecule has 1 aromatic heterocycles. The van der Waals surface area contributed by atoms with E-state index in [2.05, 4.69) is 15.6 Å². The van der Waals surface area contributed by atoms with Crippen LogP contribution in [0.15, 0.2) is 36.4 Å². The van der Waals surface area contributed by atoms with Gasteiger partial charge in [0.1, 0.15) is 0 Å². The average molecular weight is 457 g/mol. The summed E-state index contributed by atoms with van der Waals surface area (Å²) in [6.07, 6.45) is 2.92.